The average molecular weight is 230 g/mol. The van der Waals surface area contributed by atoms with Crippen LogP contribution in [0.15, 0.2) is 0 Å². The second-order valence-corrected chi connectivity index (χ2v) is 2.67. The van der Waals surface area contributed by atoms with Crippen LogP contribution in [-0.4, -0.2) is 10.6 Å². The van der Waals surface area contributed by atoms with Crippen molar-refractivity contribution in [3.8, 4) is 0 Å². The summed E-state index contributed by atoms with van der Waals surface area (Å²) >= 11 is 0. The Bertz CT molecular complexity index is 104. The van der Waals surface area contributed by atoms with Gasteiger partial charge >= 0.3 is 103 Å². The van der Waals surface area contributed by atoms with Crippen LogP contribution in [0.5, 0.6) is 0 Å². The van der Waals surface area contributed by atoms with Crippen molar-refractivity contribution in [1.82, 2.24) is 0 Å². The van der Waals surface area contributed by atoms with Crippen LogP contribution < -0.4 is 113 Å². The quantitative estimate of drug-likeness (QED) is 0.304. The Balaban J connectivity index is -0.000000245. The first kappa shape index (κ1) is 18.6. The van der Waals surface area contributed by atoms with Crippen LogP contribution >= 0.6 is 21.6 Å². The van der Waals surface area contributed by atoms with Gasteiger partial charge in [-0.05, 0) is 21.6 Å². The maximum absolute atomic E-state index is 9.44. The SMILES string of the molecule is O=C([O-])SSC(=O)[O-].[K+].[K+]. The van der Waals surface area contributed by atoms with Crippen molar-refractivity contribution in [1.29, 1.82) is 0 Å². The number of carbonyl (C=O) groups is 2. The molecule has 0 aliphatic heterocycles. The van der Waals surface area contributed by atoms with Crippen LogP contribution in [0.25, 0.3) is 0 Å². The molecule has 0 amide bonds. The van der Waals surface area contributed by atoms with Gasteiger partial charge in [0, 0.05) is 0 Å². The molecule has 0 fully saturated rings. The van der Waals surface area contributed by atoms with Gasteiger partial charge in [-0.1, -0.05) is 0 Å². The maximum atomic E-state index is 9.44. The third-order valence-corrected chi connectivity index (χ3v) is 1.60. The van der Waals surface area contributed by atoms with E-state index in [2.05, 4.69) is 0 Å². The molecule has 0 rings (SSSR count). The van der Waals surface area contributed by atoms with E-state index in [0.29, 0.717) is 0 Å². The number of hydrogen-bond donors (Lipinski definition) is 0. The summed E-state index contributed by atoms with van der Waals surface area (Å²) in [5, 5.41) is 15.9. The van der Waals surface area contributed by atoms with Crippen molar-refractivity contribution >= 4 is 32.2 Å². The molecule has 0 aromatic heterocycles. The molecule has 0 saturated heterocycles. The van der Waals surface area contributed by atoms with Crippen LogP contribution in [0.4, 0.5) is 9.59 Å². The van der Waals surface area contributed by atoms with E-state index in [0.717, 1.165) is 0 Å². The molecule has 0 radical (unpaired) electrons. The molecule has 0 N–H and O–H groups in total. The summed E-state index contributed by atoms with van der Waals surface area (Å²) in [5.74, 6) is 0. The largest absolute Gasteiger partial charge is 1.00 e. The Morgan fingerprint density at radius 2 is 1.10 bits per heavy atom. The molecule has 4 nitrogen and oxygen atoms in total. The van der Waals surface area contributed by atoms with Gasteiger partial charge in [0.05, 0.1) is 0 Å². The van der Waals surface area contributed by atoms with Gasteiger partial charge in [0.25, 0.3) is 0 Å². The van der Waals surface area contributed by atoms with Crippen LogP contribution in [0.1, 0.15) is 0 Å². The predicted octanol–water partition coefficient (Wildman–Crippen LogP) is -6.94. The second kappa shape index (κ2) is 11.9. The number of carbonyl (C=O) groups excluding carboxylic acids is 2. The molecule has 0 atom stereocenters. The van der Waals surface area contributed by atoms with E-state index in [1.807, 2.05) is 0 Å². The predicted molar refractivity (Wildman–Crippen MR) is 26.0 cm³/mol. The Morgan fingerprint density at radius 3 is 1.20 bits per heavy atom. The maximum Gasteiger partial charge on any atom is 1.00 e. The molecule has 0 unspecified atom stereocenters. The van der Waals surface area contributed by atoms with Crippen molar-refractivity contribution in [3.05, 3.63) is 0 Å². The first-order valence-corrected chi connectivity index (χ1v) is 3.54. The van der Waals surface area contributed by atoms with Crippen molar-refractivity contribution in [2.75, 3.05) is 0 Å². The van der Waals surface area contributed by atoms with Crippen molar-refractivity contribution < 1.29 is 123 Å². The molecule has 0 aromatic carbocycles. The summed E-state index contributed by atoms with van der Waals surface area (Å²) in [7, 11) is 0.199. The van der Waals surface area contributed by atoms with Gasteiger partial charge < -0.3 is 19.8 Å². The van der Waals surface area contributed by atoms with Crippen LogP contribution in [-0.2, 0) is 0 Å². The van der Waals surface area contributed by atoms with E-state index in [1.54, 1.807) is 0 Å². The van der Waals surface area contributed by atoms with Gasteiger partial charge in [0.15, 0.2) is 0 Å². The van der Waals surface area contributed by atoms with Crippen molar-refractivity contribution in [2.24, 2.45) is 0 Å². The fraction of sp³-hybridized carbons (Fsp3) is 0. The minimum atomic E-state index is -1.49. The standard InChI is InChI=1S/C2H2O4S2.2K/c3-1(4)7-8-2(5)6;;/h(H,3,4)(H,5,6);;/q;2*+1/p-2. The molecule has 46 valence electrons. The summed E-state index contributed by atoms with van der Waals surface area (Å²) in [6.07, 6.45) is 0. The van der Waals surface area contributed by atoms with Crippen LogP contribution in [0.3, 0.4) is 0 Å². The van der Waals surface area contributed by atoms with E-state index >= 15 is 0 Å². The third kappa shape index (κ3) is 17.1. The molecule has 0 saturated carbocycles. The van der Waals surface area contributed by atoms with Gasteiger partial charge in [-0.15, -0.1) is 0 Å². The summed E-state index contributed by atoms with van der Waals surface area (Å²) in [6.45, 7) is 0. The molecule has 10 heavy (non-hydrogen) atoms. The monoisotopic (exact) mass is 230 g/mol. The van der Waals surface area contributed by atoms with Crippen molar-refractivity contribution in [3.63, 3.8) is 0 Å². The molecule has 0 aromatic rings. The minimum Gasteiger partial charge on any atom is -0.538 e. The summed E-state index contributed by atoms with van der Waals surface area (Å²) in [5.41, 5.74) is 0. The molecule has 0 aliphatic rings. The van der Waals surface area contributed by atoms with E-state index in [4.69, 9.17) is 0 Å². The van der Waals surface area contributed by atoms with Crippen LogP contribution in [0, 0.1) is 0 Å². The van der Waals surface area contributed by atoms with E-state index in [-0.39, 0.29) is 124 Å². The first-order chi connectivity index (χ1) is 3.63. The van der Waals surface area contributed by atoms with Gasteiger partial charge in [0.2, 0.25) is 0 Å². The number of carboxylic acid groups (broad SMARTS) is 2. The molecule has 0 spiro atoms. The fourth-order valence-electron chi connectivity index (χ4n) is 0.0680. The zero-order chi connectivity index (χ0) is 6.57. The van der Waals surface area contributed by atoms with E-state index in [1.165, 1.54) is 0 Å². The summed E-state index contributed by atoms with van der Waals surface area (Å²) < 4.78 is 0. The Hall–Kier alpha value is 2.91. The molecule has 0 bridgehead atoms. The molecule has 8 heteroatoms. The summed E-state index contributed by atoms with van der Waals surface area (Å²) in [4.78, 5) is 18.9. The third-order valence-electron chi connectivity index (χ3n) is 0.178. The molecule has 0 heterocycles. The Labute approximate surface area is 151 Å². The van der Waals surface area contributed by atoms with Gasteiger partial charge in [-0.2, -0.15) is 0 Å². The normalized spacial score (nSPS) is 6.80. The molecular weight excluding hydrogens is 230 g/mol. The fourth-order valence-corrected chi connectivity index (χ4v) is 0.612. The molecular formula is C2K2O4S2. The number of rotatable bonds is 0. The first-order valence-electron chi connectivity index (χ1n) is 1.39. The summed E-state index contributed by atoms with van der Waals surface area (Å²) in [6, 6.07) is 0. The average Bonchev–Trinajstić information content (AvgIpc) is 1.61. The second-order valence-electron chi connectivity index (χ2n) is 0.667. The zero-order valence-corrected chi connectivity index (χ0v) is 13.3. The van der Waals surface area contributed by atoms with E-state index in [9.17, 15) is 19.8 Å². The molecule has 0 aliphatic carbocycles. The van der Waals surface area contributed by atoms with Gasteiger partial charge in [-0.3, -0.25) is 0 Å². The van der Waals surface area contributed by atoms with Crippen LogP contribution in [0.2, 0.25) is 0 Å². The van der Waals surface area contributed by atoms with E-state index < -0.39 is 10.6 Å². The smallest absolute Gasteiger partial charge is 0.538 e. The van der Waals surface area contributed by atoms with Gasteiger partial charge in [0.1, 0.15) is 10.6 Å². The number of hydrogen-bond acceptors (Lipinski definition) is 6. The Morgan fingerprint density at radius 1 is 0.900 bits per heavy atom. The Kier molecular flexibility index (Phi) is 22.2. The zero-order valence-electron chi connectivity index (χ0n) is 5.45. The van der Waals surface area contributed by atoms with Gasteiger partial charge in [-0.25, -0.2) is 0 Å². The topological polar surface area (TPSA) is 80.3 Å². The van der Waals surface area contributed by atoms with Crippen molar-refractivity contribution in [2.45, 2.75) is 0 Å². The minimum absolute atomic E-state index is 0.